The molecule has 1 aromatic heterocycles. The Morgan fingerprint density at radius 3 is 2.56 bits per heavy atom. The molecule has 0 saturated carbocycles. The van der Waals surface area contributed by atoms with Crippen LogP contribution in [0.3, 0.4) is 0 Å². The van der Waals surface area contributed by atoms with E-state index in [1.807, 2.05) is 32.0 Å². The summed E-state index contributed by atoms with van der Waals surface area (Å²) in [5.74, 6) is -0.0567. The lowest BCUT2D eigenvalue weighted by Gasteiger charge is -2.17. The van der Waals surface area contributed by atoms with Crippen molar-refractivity contribution < 1.29 is 22.3 Å². The highest BCUT2D eigenvalue weighted by Gasteiger charge is 2.44. The highest BCUT2D eigenvalue weighted by molar-refractivity contribution is 7.71. The molecule has 0 atom stereocenters. The van der Waals surface area contributed by atoms with E-state index in [4.69, 9.17) is 12.2 Å². The van der Waals surface area contributed by atoms with Crippen LogP contribution in [0.15, 0.2) is 42.5 Å². The zero-order valence-corrected chi connectivity index (χ0v) is 15.2. The van der Waals surface area contributed by atoms with Gasteiger partial charge in [-0.1, -0.05) is 24.3 Å². The van der Waals surface area contributed by atoms with Gasteiger partial charge in [-0.25, -0.2) is 0 Å². The summed E-state index contributed by atoms with van der Waals surface area (Å²) in [6.07, 6.45) is -8.53. The van der Waals surface area contributed by atoms with Crippen LogP contribution >= 0.6 is 12.2 Å². The number of ether oxygens (including phenoxy) is 1. The Morgan fingerprint density at radius 2 is 1.85 bits per heavy atom. The monoisotopic (exact) mass is 397 g/mol. The van der Waals surface area contributed by atoms with Crippen LogP contribution in [0.1, 0.15) is 11.1 Å². The average Bonchev–Trinajstić information content (AvgIpc) is 2.98. The van der Waals surface area contributed by atoms with Gasteiger partial charge in [-0.2, -0.15) is 22.7 Å². The van der Waals surface area contributed by atoms with E-state index in [-0.39, 0.29) is 0 Å². The van der Waals surface area contributed by atoms with Gasteiger partial charge in [-0.3, -0.25) is 9.67 Å². The third kappa shape index (κ3) is 3.73. The fraction of sp³-hybridized carbons (Fsp3) is 0.222. The molecule has 0 spiro atoms. The second-order valence-corrected chi connectivity index (χ2v) is 6.29. The van der Waals surface area contributed by atoms with E-state index >= 15 is 0 Å². The van der Waals surface area contributed by atoms with Crippen molar-refractivity contribution >= 4 is 12.2 Å². The molecule has 4 nitrogen and oxygen atoms in total. The largest absolute Gasteiger partial charge is 0.461 e. The molecule has 142 valence electrons. The van der Waals surface area contributed by atoms with Gasteiger partial charge in [-0.05, 0) is 55.4 Å². The van der Waals surface area contributed by atoms with Crippen molar-refractivity contribution in [2.24, 2.45) is 0 Å². The maximum absolute atomic E-state index is 13.2. The van der Waals surface area contributed by atoms with Crippen molar-refractivity contribution in [3.63, 3.8) is 0 Å². The maximum atomic E-state index is 13.2. The zero-order valence-electron chi connectivity index (χ0n) is 14.3. The van der Waals surface area contributed by atoms with Crippen LogP contribution in [0.5, 0.6) is 5.75 Å². The van der Waals surface area contributed by atoms with Gasteiger partial charge in [0, 0.05) is 5.56 Å². The smallest absolute Gasteiger partial charge is 0.428 e. The first-order valence-electron chi connectivity index (χ1n) is 7.90. The summed E-state index contributed by atoms with van der Waals surface area (Å²) in [5, 5.41) is 6.83. The average molecular weight is 397 g/mol. The van der Waals surface area contributed by atoms with Gasteiger partial charge in [0.15, 0.2) is 10.6 Å². The summed E-state index contributed by atoms with van der Waals surface area (Å²) >= 11 is 5.31. The minimum Gasteiger partial charge on any atom is -0.428 e. The Balaban J connectivity index is 2.08. The maximum Gasteiger partial charge on any atom is 0.461 e. The third-order valence-electron chi connectivity index (χ3n) is 4.09. The third-order valence-corrected chi connectivity index (χ3v) is 4.36. The number of aromatic nitrogens is 3. The number of nitrogens with zero attached hydrogens (tertiary/aromatic N) is 2. The Bertz CT molecular complexity index is 1030. The lowest BCUT2D eigenvalue weighted by molar-refractivity contribution is -0.253. The number of aromatic amines is 1. The van der Waals surface area contributed by atoms with Crippen LogP contribution in [0.25, 0.3) is 17.1 Å². The quantitative estimate of drug-likeness (QED) is 0.460. The summed E-state index contributed by atoms with van der Waals surface area (Å²) in [7, 11) is 0. The molecule has 3 aromatic rings. The van der Waals surface area contributed by atoms with Gasteiger partial charge < -0.3 is 4.74 Å². The van der Waals surface area contributed by atoms with Gasteiger partial charge in [0.1, 0.15) is 5.75 Å². The Hall–Kier alpha value is -2.68. The molecule has 0 aliphatic carbocycles. The number of halogens is 4. The van der Waals surface area contributed by atoms with Gasteiger partial charge in [0.2, 0.25) is 0 Å². The fourth-order valence-corrected chi connectivity index (χ4v) is 2.82. The first-order chi connectivity index (χ1) is 12.7. The number of aryl methyl sites for hydroxylation is 1. The van der Waals surface area contributed by atoms with E-state index < -0.39 is 18.3 Å². The Morgan fingerprint density at radius 1 is 1.15 bits per heavy atom. The Kier molecular flexibility index (Phi) is 5.05. The minimum absolute atomic E-state index is 0.308. The number of alkyl halides is 4. The van der Waals surface area contributed by atoms with Crippen LogP contribution in [0, 0.1) is 18.6 Å². The van der Waals surface area contributed by atoms with Crippen LogP contribution in [-0.4, -0.2) is 27.3 Å². The van der Waals surface area contributed by atoms with Gasteiger partial charge in [0.25, 0.3) is 0 Å². The highest BCUT2D eigenvalue weighted by atomic mass is 32.1. The molecule has 27 heavy (non-hydrogen) atoms. The first kappa shape index (κ1) is 19.1. The predicted octanol–water partition coefficient (Wildman–Crippen LogP) is 5.45. The van der Waals surface area contributed by atoms with Crippen LogP contribution in [0.2, 0.25) is 0 Å². The minimum atomic E-state index is -4.59. The molecule has 0 bridgehead atoms. The van der Waals surface area contributed by atoms with E-state index in [9.17, 15) is 17.6 Å². The number of hydrogen-bond acceptors (Lipinski definition) is 3. The Labute approximate surface area is 157 Å². The molecule has 0 saturated heterocycles. The van der Waals surface area contributed by atoms with Gasteiger partial charge in [-0.15, -0.1) is 0 Å². The van der Waals surface area contributed by atoms with E-state index in [1.165, 1.54) is 18.2 Å². The summed E-state index contributed by atoms with van der Waals surface area (Å²) in [6.45, 7) is 3.87. The topological polar surface area (TPSA) is 42.8 Å². The van der Waals surface area contributed by atoms with Crippen molar-refractivity contribution in [2.75, 3.05) is 0 Å². The molecule has 0 radical (unpaired) electrons. The van der Waals surface area contributed by atoms with E-state index in [1.54, 1.807) is 10.6 Å². The van der Waals surface area contributed by atoms with Crippen LogP contribution in [0.4, 0.5) is 17.6 Å². The predicted molar refractivity (Wildman–Crippen MR) is 95.2 cm³/mol. The lowest BCUT2D eigenvalue weighted by atomic mass is 10.1. The van der Waals surface area contributed by atoms with E-state index in [0.717, 1.165) is 16.8 Å². The molecule has 9 heteroatoms. The molecule has 2 aromatic carbocycles. The number of H-pyrrole nitrogens is 1. The number of benzene rings is 2. The van der Waals surface area contributed by atoms with E-state index in [0.29, 0.717) is 16.2 Å². The molecule has 0 fully saturated rings. The van der Waals surface area contributed by atoms with Crippen molar-refractivity contribution in [3.05, 3.63) is 58.4 Å². The summed E-state index contributed by atoms with van der Waals surface area (Å²) < 4.78 is 57.3. The summed E-state index contributed by atoms with van der Waals surface area (Å²) in [6, 6.07) is 11.0. The first-order valence-corrected chi connectivity index (χ1v) is 8.31. The molecule has 0 aliphatic rings. The van der Waals surface area contributed by atoms with Crippen molar-refractivity contribution in [3.8, 4) is 22.8 Å². The van der Waals surface area contributed by atoms with E-state index in [2.05, 4.69) is 14.9 Å². The zero-order chi connectivity index (χ0) is 19.8. The SMILES string of the molecule is Cc1cccc(-n2c(-c3cccc(OC(F)(F)C(F)F)c3)n[nH]c2=S)c1C. The van der Waals surface area contributed by atoms with Crippen LogP contribution < -0.4 is 4.74 Å². The van der Waals surface area contributed by atoms with Crippen LogP contribution in [-0.2, 0) is 0 Å². The van der Waals surface area contributed by atoms with Crippen molar-refractivity contribution in [1.29, 1.82) is 0 Å². The molecule has 0 unspecified atom stereocenters. The number of rotatable bonds is 5. The second-order valence-electron chi connectivity index (χ2n) is 5.90. The standard InChI is InChI=1S/C18H15F4N3OS/c1-10-5-3-8-14(11(10)2)25-15(23-24-17(25)27)12-6-4-7-13(9-12)26-18(21,22)16(19)20/h3-9,16H,1-2H3,(H,24,27). The molecule has 0 aliphatic heterocycles. The second kappa shape index (κ2) is 7.15. The van der Waals surface area contributed by atoms with Gasteiger partial charge >= 0.3 is 12.5 Å². The molecular formula is C18H15F4N3OS. The number of hydrogen-bond donors (Lipinski definition) is 1. The fourth-order valence-electron chi connectivity index (χ4n) is 2.59. The highest BCUT2D eigenvalue weighted by Crippen LogP contribution is 2.31. The summed E-state index contributed by atoms with van der Waals surface area (Å²) in [4.78, 5) is 0. The van der Waals surface area contributed by atoms with Crippen molar-refractivity contribution in [1.82, 2.24) is 14.8 Å². The lowest BCUT2D eigenvalue weighted by Crippen LogP contribution is -2.33. The van der Waals surface area contributed by atoms with Gasteiger partial charge in [0.05, 0.1) is 5.69 Å². The molecule has 1 N–H and O–H groups in total. The summed E-state index contributed by atoms with van der Waals surface area (Å²) in [5.41, 5.74) is 3.15. The van der Waals surface area contributed by atoms with Crippen molar-refractivity contribution in [2.45, 2.75) is 26.4 Å². The number of nitrogens with one attached hydrogen (secondary N) is 1. The molecular weight excluding hydrogens is 382 g/mol. The molecule has 1 heterocycles. The normalized spacial score (nSPS) is 11.8. The molecule has 0 amide bonds. The molecule has 3 rings (SSSR count).